The Morgan fingerprint density at radius 2 is 2.30 bits per heavy atom. The number of carbonyl (C=O) groups is 1. The number of carbonyl (C=O) groups excluding carboxylic acids is 1. The van der Waals surface area contributed by atoms with Gasteiger partial charge in [0.15, 0.2) is 0 Å². The van der Waals surface area contributed by atoms with Crippen LogP contribution in [0.2, 0.25) is 0 Å². The Labute approximate surface area is 141 Å². The number of pyridine rings is 1. The molecule has 1 unspecified atom stereocenters. The molecule has 0 bridgehead atoms. The minimum absolute atomic E-state index is 0.0379. The molecule has 0 aliphatic heterocycles. The van der Waals surface area contributed by atoms with Crippen molar-refractivity contribution in [3.63, 3.8) is 0 Å². The fraction of sp³-hybridized carbons (Fsp3) is 0.500. The van der Waals surface area contributed by atoms with Crippen LogP contribution < -0.4 is 10.5 Å². The third kappa shape index (κ3) is 8.59. The number of rotatable bonds is 11. The molecule has 0 saturated carbocycles. The molecule has 1 amide bonds. The van der Waals surface area contributed by atoms with Crippen molar-refractivity contribution >= 4 is 17.7 Å². The summed E-state index contributed by atoms with van der Waals surface area (Å²) < 4.78 is 5.57. The SMILES string of the molecule is CN(C)Cc1ccnc(OCC=CCC(SCCO)C(N)=O)c1. The highest BCUT2D eigenvalue weighted by atomic mass is 32.2. The molecule has 0 aliphatic rings. The molecule has 6 nitrogen and oxygen atoms in total. The van der Waals surface area contributed by atoms with E-state index in [1.807, 2.05) is 38.4 Å². The van der Waals surface area contributed by atoms with Gasteiger partial charge in [-0.15, -0.1) is 11.8 Å². The summed E-state index contributed by atoms with van der Waals surface area (Å²) in [7, 11) is 4.02. The number of hydrogen-bond donors (Lipinski definition) is 2. The zero-order chi connectivity index (χ0) is 17.1. The van der Waals surface area contributed by atoms with Gasteiger partial charge in [0.1, 0.15) is 6.61 Å². The van der Waals surface area contributed by atoms with E-state index < -0.39 is 0 Å². The predicted octanol–water partition coefficient (Wildman–Crippen LogP) is 1.05. The molecular weight excluding hydrogens is 314 g/mol. The molecule has 0 aromatic carbocycles. The third-order valence-electron chi connectivity index (χ3n) is 2.87. The molecule has 128 valence electrons. The molecule has 23 heavy (non-hydrogen) atoms. The van der Waals surface area contributed by atoms with Crippen molar-refractivity contribution in [2.45, 2.75) is 18.2 Å². The second-order valence-electron chi connectivity index (χ2n) is 5.24. The van der Waals surface area contributed by atoms with Gasteiger partial charge >= 0.3 is 0 Å². The molecule has 7 heteroatoms. The molecule has 3 N–H and O–H groups in total. The molecule has 0 radical (unpaired) electrons. The lowest BCUT2D eigenvalue weighted by Crippen LogP contribution is -2.25. The Kier molecular flexibility index (Phi) is 9.35. The third-order valence-corrected chi connectivity index (χ3v) is 4.12. The number of aliphatic hydroxyl groups excluding tert-OH is 1. The van der Waals surface area contributed by atoms with E-state index >= 15 is 0 Å². The molecule has 1 heterocycles. The summed E-state index contributed by atoms with van der Waals surface area (Å²) in [6, 6.07) is 3.87. The lowest BCUT2D eigenvalue weighted by molar-refractivity contribution is -0.117. The Hall–Kier alpha value is -1.57. The molecule has 1 rings (SSSR count). The summed E-state index contributed by atoms with van der Waals surface area (Å²) in [5.41, 5.74) is 6.46. The van der Waals surface area contributed by atoms with Crippen LogP contribution in [0.5, 0.6) is 5.88 Å². The van der Waals surface area contributed by atoms with Crippen molar-refractivity contribution < 1.29 is 14.6 Å². The van der Waals surface area contributed by atoms with Crippen molar-refractivity contribution in [3.8, 4) is 5.88 Å². The molecule has 1 aromatic rings. The largest absolute Gasteiger partial charge is 0.473 e. The number of thioether (sulfide) groups is 1. The van der Waals surface area contributed by atoms with Crippen molar-refractivity contribution in [1.29, 1.82) is 0 Å². The second-order valence-corrected chi connectivity index (χ2v) is 6.55. The summed E-state index contributed by atoms with van der Waals surface area (Å²) >= 11 is 1.36. The van der Waals surface area contributed by atoms with Gasteiger partial charge in [0.25, 0.3) is 0 Å². The van der Waals surface area contributed by atoms with Crippen LogP contribution in [0.3, 0.4) is 0 Å². The van der Waals surface area contributed by atoms with Gasteiger partial charge in [0.2, 0.25) is 11.8 Å². The van der Waals surface area contributed by atoms with Crippen LogP contribution in [0.15, 0.2) is 30.5 Å². The fourth-order valence-corrected chi connectivity index (χ4v) is 2.68. The van der Waals surface area contributed by atoms with Gasteiger partial charge in [-0.25, -0.2) is 4.98 Å². The van der Waals surface area contributed by atoms with E-state index in [9.17, 15) is 4.79 Å². The lowest BCUT2D eigenvalue weighted by atomic mass is 10.2. The molecule has 0 aliphatic carbocycles. The number of nitrogens with two attached hydrogens (primary N) is 1. The number of nitrogens with zero attached hydrogens (tertiary/aromatic N) is 2. The van der Waals surface area contributed by atoms with Crippen LogP contribution in [-0.4, -0.2) is 59.2 Å². The van der Waals surface area contributed by atoms with Crippen LogP contribution >= 0.6 is 11.8 Å². The first kappa shape index (κ1) is 19.5. The monoisotopic (exact) mass is 339 g/mol. The van der Waals surface area contributed by atoms with Crippen molar-refractivity contribution in [3.05, 3.63) is 36.0 Å². The summed E-state index contributed by atoms with van der Waals surface area (Å²) in [5.74, 6) is 0.711. The van der Waals surface area contributed by atoms with Gasteiger partial charge in [-0.2, -0.15) is 0 Å². The molecular formula is C16H25N3O3S. The van der Waals surface area contributed by atoms with Gasteiger partial charge in [0.05, 0.1) is 11.9 Å². The highest BCUT2D eigenvalue weighted by Crippen LogP contribution is 2.14. The van der Waals surface area contributed by atoms with E-state index in [2.05, 4.69) is 9.88 Å². The van der Waals surface area contributed by atoms with Gasteiger partial charge < -0.3 is 20.5 Å². The number of ether oxygens (including phenoxy) is 1. The summed E-state index contributed by atoms with van der Waals surface area (Å²) in [6.07, 6.45) is 5.96. The number of aliphatic hydroxyl groups is 1. The highest BCUT2D eigenvalue weighted by molar-refractivity contribution is 8.00. The summed E-state index contributed by atoms with van der Waals surface area (Å²) in [5, 5.41) is 8.47. The maximum absolute atomic E-state index is 11.3. The first-order valence-electron chi connectivity index (χ1n) is 7.42. The summed E-state index contributed by atoms with van der Waals surface area (Å²) in [6.45, 7) is 1.25. The smallest absolute Gasteiger partial charge is 0.230 e. The Balaban J connectivity index is 2.39. The molecule has 0 saturated heterocycles. The Morgan fingerprint density at radius 1 is 1.52 bits per heavy atom. The van der Waals surface area contributed by atoms with Crippen molar-refractivity contribution in [1.82, 2.24) is 9.88 Å². The first-order chi connectivity index (χ1) is 11.0. The zero-order valence-corrected chi connectivity index (χ0v) is 14.5. The van der Waals surface area contributed by atoms with Crippen molar-refractivity contribution in [2.24, 2.45) is 5.73 Å². The number of primary amides is 1. The molecule has 1 aromatic heterocycles. The van der Waals surface area contributed by atoms with Crippen LogP contribution in [0.25, 0.3) is 0 Å². The van der Waals surface area contributed by atoms with E-state index in [1.165, 1.54) is 11.8 Å². The van der Waals surface area contributed by atoms with Gasteiger partial charge in [-0.05, 0) is 32.1 Å². The van der Waals surface area contributed by atoms with Gasteiger partial charge in [-0.3, -0.25) is 4.79 Å². The van der Waals surface area contributed by atoms with Crippen LogP contribution in [0, 0.1) is 0 Å². The van der Waals surface area contributed by atoms with E-state index in [0.29, 0.717) is 24.7 Å². The Bertz CT molecular complexity index is 509. The lowest BCUT2D eigenvalue weighted by Gasteiger charge is -2.10. The minimum Gasteiger partial charge on any atom is -0.473 e. The normalized spacial score (nSPS) is 12.7. The maximum atomic E-state index is 11.3. The maximum Gasteiger partial charge on any atom is 0.230 e. The fourth-order valence-electron chi connectivity index (χ4n) is 1.88. The number of hydrogen-bond acceptors (Lipinski definition) is 6. The van der Waals surface area contributed by atoms with E-state index in [4.69, 9.17) is 15.6 Å². The Morgan fingerprint density at radius 3 is 2.96 bits per heavy atom. The minimum atomic E-state index is -0.368. The van der Waals surface area contributed by atoms with Crippen LogP contribution in [0.4, 0.5) is 0 Å². The van der Waals surface area contributed by atoms with Crippen LogP contribution in [0.1, 0.15) is 12.0 Å². The number of allylic oxidation sites excluding steroid dienone is 1. The second kappa shape index (κ2) is 11.0. The average Bonchev–Trinajstić information content (AvgIpc) is 2.49. The number of aromatic nitrogens is 1. The topological polar surface area (TPSA) is 88.7 Å². The molecule has 0 fully saturated rings. The molecule has 0 spiro atoms. The first-order valence-corrected chi connectivity index (χ1v) is 8.47. The van der Waals surface area contributed by atoms with E-state index in [-0.39, 0.29) is 17.8 Å². The highest BCUT2D eigenvalue weighted by Gasteiger charge is 2.13. The quantitative estimate of drug-likeness (QED) is 0.586. The number of amides is 1. The zero-order valence-electron chi connectivity index (χ0n) is 13.6. The van der Waals surface area contributed by atoms with Gasteiger partial charge in [0, 0.05) is 24.6 Å². The summed E-state index contributed by atoms with van der Waals surface area (Å²) in [4.78, 5) is 17.5. The van der Waals surface area contributed by atoms with E-state index in [1.54, 1.807) is 6.20 Å². The van der Waals surface area contributed by atoms with Crippen LogP contribution in [-0.2, 0) is 11.3 Å². The standard InChI is InChI=1S/C16H25N3O3S/c1-19(2)12-13-6-7-18-15(11-13)22-9-4-3-5-14(16(17)21)23-10-8-20/h3-4,6-7,11,14,20H,5,8-10,12H2,1-2H3,(H2,17,21). The van der Waals surface area contributed by atoms with Gasteiger partial charge in [-0.1, -0.05) is 12.2 Å². The predicted molar refractivity (Wildman–Crippen MR) is 93.4 cm³/mol. The average molecular weight is 339 g/mol. The van der Waals surface area contributed by atoms with E-state index in [0.717, 1.165) is 12.1 Å². The molecule has 1 atom stereocenters. The van der Waals surface area contributed by atoms with Crippen molar-refractivity contribution in [2.75, 3.05) is 33.1 Å².